The fraction of sp³-hybridized carbons (Fsp3) is 0.238. The van der Waals surface area contributed by atoms with Crippen LogP contribution in [0.3, 0.4) is 0 Å². The molecule has 0 spiro atoms. The lowest BCUT2D eigenvalue weighted by molar-refractivity contribution is -0.0896. The Morgan fingerprint density at radius 2 is 1.43 bits per heavy atom. The van der Waals surface area contributed by atoms with Gasteiger partial charge in [0, 0.05) is 11.1 Å². The number of benzene rings is 2. The van der Waals surface area contributed by atoms with E-state index in [0.29, 0.717) is 11.1 Å². The van der Waals surface area contributed by atoms with Crippen molar-refractivity contribution in [3.05, 3.63) is 60.7 Å². The maximum atomic E-state index is 13.5. The Morgan fingerprint density at radius 1 is 0.893 bits per heavy atom. The van der Waals surface area contributed by atoms with Gasteiger partial charge in [0.15, 0.2) is 0 Å². The number of hydrogen-bond acceptors (Lipinski definition) is 4. The van der Waals surface area contributed by atoms with Crippen LogP contribution >= 0.6 is 0 Å². The van der Waals surface area contributed by atoms with Crippen LogP contribution in [0.1, 0.15) is 20.8 Å². The van der Waals surface area contributed by atoms with Gasteiger partial charge in [-0.1, -0.05) is 48.5 Å². The highest BCUT2D eigenvalue weighted by atomic mass is 19.4. The van der Waals surface area contributed by atoms with E-state index in [0.717, 1.165) is 0 Å². The van der Waals surface area contributed by atoms with Gasteiger partial charge in [-0.25, -0.2) is 4.98 Å². The maximum absolute atomic E-state index is 13.5. The highest BCUT2D eigenvalue weighted by Crippen LogP contribution is 2.36. The molecule has 0 bridgehead atoms. The summed E-state index contributed by atoms with van der Waals surface area (Å²) < 4.78 is 51.1. The number of hydrogen-bond donors (Lipinski definition) is 0. The molecule has 0 unspecified atom stereocenters. The second kappa shape index (κ2) is 7.50. The molecule has 4 nitrogen and oxygen atoms in total. The SMILES string of the molecule is CC(C)(C)O/C(=N/c1oc(-c2ccccc2)nc1-c1ccccc1)C(F)(F)F. The highest BCUT2D eigenvalue weighted by Gasteiger charge is 2.41. The van der Waals surface area contributed by atoms with Gasteiger partial charge in [0.2, 0.25) is 5.89 Å². The molecule has 0 fully saturated rings. The Balaban J connectivity index is 2.16. The molecule has 7 heteroatoms. The number of nitrogens with zero attached hydrogens (tertiary/aromatic N) is 2. The van der Waals surface area contributed by atoms with Gasteiger partial charge >= 0.3 is 12.1 Å². The standard InChI is InChI=1S/C21H19F3N2O2/c1-20(2,3)28-19(21(22,23)24)26-18-16(14-10-6-4-7-11-14)25-17(27-18)15-12-8-5-9-13-15/h4-13H,1-3H3/b26-19+. The van der Waals surface area contributed by atoms with Crippen LogP contribution in [0.2, 0.25) is 0 Å². The van der Waals surface area contributed by atoms with Crippen molar-refractivity contribution in [2.45, 2.75) is 32.5 Å². The van der Waals surface area contributed by atoms with Crippen LogP contribution in [0.15, 0.2) is 70.1 Å². The Kier molecular flexibility index (Phi) is 5.27. The van der Waals surface area contributed by atoms with Crippen molar-refractivity contribution in [1.82, 2.24) is 4.98 Å². The van der Waals surface area contributed by atoms with Crippen molar-refractivity contribution in [2.24, 2.45) is 4.99 Å². The van der Waals surface area contributed by atoms with Gasteiger partial charge in [-0.3, -0.25) is 0 Å². The number of alkyl halides is 3. The summed E-state index contributed by atoms with van der Waals surface area (Å²) in [5.41, 5.74) is 0.346. The lowest BCUT2D eigenvalue weighted by Gasteiger charge is -2.23. The molecular formula is C21H19F3N2O2. The third-order valence-electron chi connectivity index (χ3n) is 3.53. The van der Waals surface area contributed by atoms with Crippen LogP contribution in [-0.4, -0.2) is 22.7 Å². The van der Waals surface area contributed by atoms with Crippen molar-refractivity contribution in [2.75, 3.05) is 0 Å². The molecule has 1 heterocycles. The number of oxazole rings is 1. The van der Waals surface area contributed by atoms with Gasteiger partial charge in [-0.15, -0.1) is 0 Å². The fourth-order valence-corrected chi connectivity index (χ4v) is 2.40. The van der Waals surface area contributed by atoms with Crippen molar-refractivity contribution in [1.29, 1.82) is 0 Å². The quantitative estimate of drug-likeness (QED) is 0.384. The molecule has 0 aliphatic carbocycles. The molecule has 0 saturated carbocycles. The van der Waals surface area contributed by atoms with Crippen LogP contribution in [0.25, 0.3) is 22.7 Å². The first kappa shape index (κ1) is 19.7. The second-order valence-electron chi connectivity index (χ2n) is 7.03. The smallest absolute Gasteiger partial charge is 0.468 e. The molecule has 1 aromatic heterocycles. The van der Waals surface area contributed by atoms with Crippen LogP contribution in [-0.2, 0) is 4.74 Å². The van der Waals surface area contributed by atoms with Gasteiger partial charge in [-0.05, 0) is 32.9 Å². The molecule has 0 aliphatic heterocycles. The van der Waals surface area contributed by atoms with E-state index in [1.807, 2.05) is 6.07 Å². The normalized spacial score (nSPS) is 12.9. The Morgan fingerprint density at radius 3 is 1.93 bits per heavy atom. The molecule has 0 aliphatic rings. The molecule has 3 aromatic rings. The van der Waals surface area contributed by atoms with Crippen molar-refractivity contribution >= 4 is 11.8 Å². The van der Waals surface area contributed by atoms with E-state index < -0.39 is 17.7 Å². The van der Waals surface area contributed by atoms with E-state index in [1.165, 1.54) is 20.8 Å². The number of aromatic nitrogens is 1. The van der Waals surface area contributed by atoms with Crippen LogP contribution in [0, 0.1) is 0 Å². The molecule has 0 radical (unpaired) electrons. The zero-order valence-electron chi connectivity index (χ0n) is 15.6. The summed E-state index contributed by atoms with van der Waals surface area (Å²) >= 11 is 0. The van der Waals surface area contributed by atoms with E-state index in [9.17, 15) is 13.2 Å². The monoisotopic (exact) mass is 388 g/mol. The van der Waals surface area contributed by atoms with Crippen molar-refractivity contribution in [3.63, 3.8) is 0 Å². The van der Waals surface area contributed by atoms with Crippen LogP contribution < -0.4 is 0 Å². The molecule has 0 amide bonds. The van der Waals surface area contributed by atoms with Gasteiger partial charge in [0.05, 0.1) is 0 Å². The first-order chi connectivity index (χ1) is 13.1. The molecular weight excluding hydrogens is 369 g/mol. The predicted molar refractivity (Wildman–Crippen MR) is 101 cm³/mol. The Labute approximate surface area is 160 Å². The van der Waals surface area contributed by atoms with E-state index >= 15 is 0 Å². The summed E-state index contributed by atoms with van der Waals surface area (Å²) in [6.45, 7) is 4.55. The summed E-state index contributed by atoms with van der Waals surface area (Å²) in [6, 6.07) is 17.7. The largest absolute Gasteiger partial charge is 0.468 e. The zero-order chi connectivity index (χ0) is 20.4. The predicted octanol–water partition coefficient (Wildman–Crippen LogP) is 6.42. The van der Waals surface area contributed by atoms with Crippen LogP contribution in [0.4, 0.5) is 19.1 Å². The first-order valence-corrected chi connectivity index (χ1v) is 8.60. The summed E-state index contributed by atoms with van der Waals surface area (Å²) in [6.07, 6.45) is -4.78. The average Bonchev–Trinajstić information content (AvgIpc) is 3.05. The fourth-order valence-electron chi connectivity index (χ4n) is 2.40. The second-order valence-corrected chi connectivity index (χ2v) is 7.03. The minimum atomic E-state index is -4.78. The minimum Gasteiger partial charge on any atom is -0.468 e. The number of aliphatic imine (C=N–C) groups is 1. The summed E-state index contributed by atoms with van der Waals surface area (Å²) in [7, 11) is 0. The number of halogens is 3. The average molecular weight is 388 g/mol. The van der Waals surface area contributed by atoms with Gasteiger partial charge in [0.25, 0.3) is 5.88 Å². The molecule has 146 valence electrons. The molecule has 2 aromatic carbocycles. The minimum absolute atomic E-state index is 0.176. The maximum Gasteiger partial charge on any atom is 0.468 e. The zero-order valence-corrected chi connectivity index (χ0v) is 15.6. The van der Waals surface area contributed by atoms with E-state index in [-0.39, 0.29) is 17.5 Å². The van der Waals surface area contributed by atoms with Crippen molar-refractivity contribution in [3.8, 4) is 22.7 Å². The molecule has 0 atom stereocenters. The molecule has 0 N–H and O–H groups in total. The third kappa shape index (κ3) is 4.79. The van der Waals surface area contributed by atoms with Crippen molar-refractivity contribution < 1.29 is 22.3 Å². The Hall–Kier alpha value is -3.09. The summed E-state index contributed by atoms with van der Waals surface area (Å²) in [4.78, 5) is 8.06. The van der Waals surface area contributed by atoms with Gasteiger partial charge in [0.1, 0.15) is 11.3 Å². The van der Waals surface area contributed by atoms with Crippen LogP contribution in [0.5, 0.6) is 0 Å². The lowest BCUT2D eigenvalue weighted by Crippen LogP contribution is -2.33. The van der Waals surface area contributed by atoms with E-state index in [2.05, 4.69) is 9.98 Å². The molecule has 0 saturated heterocycles. The number of rotatable bonds is 3. The first-order valence-electron chi connectivity index (χ1n) is 8.60. The molecule has 3 rings (SSSR count). The van der Waals surface area contributed by atoms with E-state index in [4.69, 9.17) is 9.15 Å². The lowest BCUT2D eigenvalue weighted by atomic mass is 10.1. The summed E-state index contributed by atoms with van der Waals surface area (Å²) in [5, 5.41) is 0. The van der Waals surface area contributed by atoms with Gasteiger partial charge < -0.3 is 9.15 Å². The highest BCUT2D eigenvalue weighted by molar-refractivity contribution is 5.86. The van der Waals surface area contributed by atoms with Gasteiger partial charge in [-0.2, -0.15) is 18.2 Å². The Bertz CT molecular complexity index is 957. The summed E-state index contributed by atoms with van der Waals surface area (Å²) in [5.74, 6) is -1.47. The molecule has 28 heavy (non-hydrogen) atoms. The third-order valence-corrected chi connectivity index (χ3v) is 3.53. The number of ether oxygens (including phenoxy) is 1. The van der Waals surface area contributed by atoms with E-state index in [1.54, 1.807) is 54.6 Å². The topological polar surface area (TPSA) is 47.6 Å².